The minimum absolute atomic E-state index is 0.0393. The molecule has 0 spiro atoms. The number of benzene rings is 1. The first-order valence-corrected chi connectivity index (χ1v) is 15.9. The maximum Gasteiger partial charge on any atom is 0.322 e. The van der Waals surface area contributed by atoms with Crippen molar-refractivity contribution in [3.8, 4) is 22.8 Å². The summed E-state index contributed by atoms with van der Waals surface area (Å²) in [7, 11) is 3.20. The van der Waals surface area contributed by atoms with Crippen molar-refractivity contribution in [1.82, 2.24) is 4.90 Å². The molecule has 1 amide bonds. The summed E-state index contributed by atoms with van der Waals surface area (Å²) in [6.07, 6.45) is 8.22. The van der Waals surface area contributed by atoms with E-state index in [4.69, 9.17) is 36.6 Å². The smallest absolute Gasteiger partial charge is 0.322 e. The predicted octanol–water partition coefficient (Wildman–Crippen LogP) is 6.20. The van der Waals surface area contributed by atoms with Gasteiger partial charge in [0, 0.05) is 23.7 Å². The normalized spacial score (nSPS) is 23.3. The van der Waals surface area contributed by atoms with Crippen LogP contribution in [0, 0.1) is 17.8 Å². The summed E-state index contributed by atoms with van der Waals surface area (Å²) < 4.78 is 23.4. The zero-order valence-electron chi connectivity index (χ0n) is 24.7. The largest absolute Gasteiger partial charge is 0.497 e. The van der Waals surface area contributed by atoms with Gasteiger partial charge in [0.2, 0.25) is 0 Å². The Labute approximate surface area is 257 Å². The van der Waals surface area contributed by atoms with Gasteiger partial charge in [0.15, 0.2) is 0 Å². The Morgan fingerprint density at radius 2 is 1.90 bits per heavy atom. The molecule has 2 bridgehead atoms. The number of aryl methyl sites for hydroxylation is 1. The third-order valence-corrected chi connectivity index (χ3v) is 9.79. The lowest BCUT2D eigenvalue weighted by Crippen LogP contribution is -2.41. The van der Waals surface area contributed by atoms with Crippen LogP contribution in [-0.4, -0.2) is 54.0 Å². The van der Waals surface area contributed by atoms with Crippen LogP contribution < -0.4 is 15.2 Å². The summed E-state index contributed by atoms with van der Waals surface area (Å²) in [4.78, 5) is 28.3. The Bertz CT molecular complexity index is 1350. The Morgan fingerprint density at radius 1 is 1.17 bits per heavy atom. The van der Waals surface area contributed by atoms with E-state index < -0.39 is 6.04 Å². The van der Waals surface area contributed by atoms with E-state index in [0.717, 1.165) is 17.5 Å². The summed E-state index contributed by atoms with van der Waals surface area (Å²) >= 11 is 7.04. The number of amides is 1. The highest BCUT2D eigenvalue weighted by atomic mass is 32.2. The van der Waals surface area contributed by atoms with Crippen LogP contribution in [0.25, 0.3) is 17.4 Å². The second kappa shape index (κ2) is 13.2. The fourth-order valence-electron chi connectivity index (χ4n) is 6.41. The lowest BCUT2D eigenvalue weighted by atomic mass is 9.94. The molecule has 0 radical (unpaired) electrons. The molecule has 1 aliphatic heterocycles. The van der Waals surface area contributed by atoms with Crippen LogP contribution in [0.2, 0.25) is 0 Å². The Balaban J connectivity index is 1.37. The van der Waals surface area contributed by atoms with Gasteiger partial charge in [-0.05, 0) is 80.0 Å². The standard InChI is InChI=1S/C32H40N2O6S2/c1-18(2)10-25(33)31(36)39-9-5-6-21-15-27(22-13-23(37-3)16-24(14-22)38-4)40-28(21)17-29-30(35)34(32(41)42-29)26-12-19-7-8-20(26)11-19/h13-20,25-26H,5-12,33H2,1-4H3. The van der Waals surface area contributed by atoms with Gasteiger partial charge >= 0.3 is 5.97 Å². The zero-order chi connectivity index (χ0) is 30.0. The highest BCUT2D eigenvalue weighted by Crippen LogP contribution is 2.49. The number of rotatable bonds is 12. The van der Waals surface area contributed by atoms with E-state index in [0.29, 0.717) is 69.3 Å². The molecule has 2 aliphatic carbocycles. The SMILES string of the molecule is COc1cc(OC)cc(-c2cc(CCCOC(=O)C(N)CC(C)C)c(C=C3SC(=S)N(C4CC5CCC4C5)C3=O)o2)c1. The van der Waals surface area contributed by atoms with Gasteiger partial charge in [0.05, 0.1) is 25.7 Å². The van der Waals surface area contributed by atoms with Gasteiger partial charge in [-0.3, -0.25) is 14.5 Å². The Morgan fingerprint density at radius 3 is 2.52 bits per heavy atom. The van der Waals surface area contributed by atoms with E-state index in [1.54, 1.807) is 20.3 Å². The molecule has 2 N–H and O–H groups in total. The van der Waals surface area contributed by atoms with Crippen molar-refractivity contribution in [3.05, 3.63) is 40.5 Å². The Hall–Kier alpha value is -2.82. The fourth-order valence-corrected chi connectivity index (χ4v) is 7.76. The molecular formula is C32H40N2O6S2. The van der Waals surface area contributed by atoms with Crippen molar-refractivity contribution in [3.63, 3.8) is 0 Å². The number of methoxy groups -OCH3 is 2. The van der Waals surface area contributed by atoms with Gasteiger partial charge in [-0.1, -0.05) is 44.2 Å². The zero-order valence-corrected chi connectivity index (χ0v) is 26.4. The van der Waals surface area contributed by atoms with Gasteiger partial charge in [-0.15, -0.1) is 0 Å². The fraction of sp³-hybridized carbons (Fsp3) is 0.531. The third kappa shape index (κ3) is 6.71. The first-order chi connectivity index (χ1) is 20.2. The average Bonchev–Trinajstić information content (AvgIpc) is 3.75. The molecule has 10 heteroatoms. The topological polar surface area (TPSA) is 104 Å². The van der Waals surface area contributed by atoms with Crippen LogP contribution in [0.5, 0.6) is 11.5 Å². The minimum Gasteiger partial charge on any atom is -0.497 e. The molecule has 1 aromatic carbocycles. The van der Waals surface area contributed by atoms with Crippen molar-refractivity contribution in [2.45, 2.75) is 70.9 Å². The number of nitrogens with two attached hydrogens (primary N) is 1. The second-order valence-corrected chi connectivity index (χ2v) is 13.6. The molecule has 2 heterocycles. The third-order valence-electron chi connectivity index (χ3n) is 8.46. The molecule has 2 saturated carbocycles. The average molecular weight is 613 g/mol. The molecule has 226 valence electrons. The molecule has 1 aromatic heterocycles. The van der Waals surface area contributed by atoms with Crippen LogP contribution in [-0.2, 0) is 20.7 Å². The van der Waals surface area contributed by atoms with E-state index >= 15 is 0 Å². The van der Waals surface area contributed by atoms with Crippen LogP contribution in [0.3, 0.4) is 0 Å². The molecule has 3 fully saturated rings. The van der Waals surface area contributed by atoms with Crippen LogP contribution in [0.4, 0.5) is 0 Å². The van der Waals surface area contributed by atoms with Crippen molar-refractivity contribution >= 4 is 46.3 Å². The molecular weight excluding hydrogens is 572 g/mol. The number of carbonyl (C=O) groups excluding carboxylic acids is 2. The van der Waals surface area contributed by atoms with E-state index in [9.17, 15) is 9.59 Å². The van der Waals surface area contributed by atoms with Crippen LogP contribution >= 0.6 is 24.0 Å². The highest BCUT2D eigenvalue weighted by Gasteiger charge is 2.48. The van der Waals surface area contributed by atoms with E-state index in [-0.39, 0.29) is 24.5 Å². The first kappa shape index (κ1) is 30.6. The van der Waals surface area contributed by atoms with Gasteiger partial charge in [0.25, 0.3) is 5.91 Å². The number of thioether (sulfide) groups is 1. The van der Waals surface area contributed by atoms with Gasteiger partial charge in [-0.2, -0.15) is 0 Å². The summed E-state index contributed by atoms with van der Waals surface area (Å²) in [5, 5.41) is 0. The molecule has 8 nitrogen and oxygen atoms in total. The monoisotopic (exact) mass is 612 g/mol. The predicted molar refractivity (Wildman–Crippen MR) is 168 cm³/mol. The molecule has 2 aromatic rings. The summed E-state index contributed by atoms with van der Waals surface area (Å²) in [5.74, 6) is 3.62. The van der Waals surface area contributed by atoms with Crippen LogP contribution in [0.15, 0.2) is 33.6 Å². The second-order valence-electron chi connectivity index (χ2n) is 11.9. The lowest BCUT2D eigenvalue weighted by Gasteiger charge is -2.30. The number of carbonyl (C=O) groups is 2. The summed E-state index contributed by atoms with van der Waals surface area (Å²) in [6, 6.07) is 7.09. The van der Waals surface area contributed by atoms with Gasteiger partial charge in [0.1, 0.15) is 33.4 Å². The quantitative estimate of drug-likeness (QED) is 0.130. The number of thiocarbonyl (C=S) groups is 1. The van der Waals surface area contributed by atoms with Crippen molar-refractivity contribution in [2.24, 2.45) is 23.5 Å². The number of fused-ring (bicyclic) bond motifs is 2. The minimum atomic E-state index is -0.624. The summed E-state index contributed by atoms with van der Waals surface area (Å²) in [5.41, 5.74) is 7.66. The number of hydrogen-bond acceptors (Lipinski definition) is 9. The van der Waals surface area contributed by atoms with Crippen LogP contribution in [0.1, 0.15) is 63.7 Å². The lowest BCUT2D eigenvalue weighted by molar-refractivity contribution is -0.145. The van der Waals surface area contributed by atoms with Crippen molar-refractivity contribution < 1.29 is 28.2 Å². The van der Waals surface area contributed by atoms with Crippen molar-refractivity contribution in [2.75, 3.05) is 20.8 Å². The van der Waals surface area contributed by atoms with E-state index in [1.807, 2.05) is 43.0 Å². The summed E-state index contributed by atoms with van der Waals surface area (Å²) in [6.45, 7) is 4.28. The number of nitrogens with zero attached hydrogens (tertiary/aromatic N) is 1. The molecule has 4 unspecified atom stereocenters. The highest BCUT2D eigenvalue weighted by molar-refractivity contribution is 8.26. The maximum atomic E-state index is 13.6. The molecule has 4 atom stereocenters. The van der Waals surface area contributed by atoms with E-state index in [2.05, 4.69) is 0 Å². The molecule has 3 aliphatic rings. The maximum absolute atomic E-state index is 13.6. The number of ether oxygens (including phenoxy) is 3. The number of hydrogen-bond donors (Lipinski definition) is 1. The van der Waals surface area contributed by atoms with Gasteiger partial charge < -0.3 is 24.4 Å². The molecule has 5 rings (SSSR count). The number of esters is 1. The van der Waals surface area contributed by atoms with Crippen molar-refractivity contribution in [1.29, 1.82) is 0 Å². The Kier molecular flexibility index (Phi) is 9.64. The van der Waals surface area contributed by atoms with Gasteiger partial charge in [-0.25, -0.2) is 0 Å². The first-order valence-electron chi connectivity index (χ1n) is 14.7. The van der Waals surface area contributed by atoms with E-state index in [1.165, 1.54) is 31.0 Å². The molecule has 1 saturated heterocycles. The number of furan rings is 1. The molecule has 42 heavy (non-hydrogen) atoms.